The van der Waals surface area contributed by atoms with Crippen LogP contribution in [0, 0.1) is 11.8 Å². The molecule has 70 valence electrons. The number of aliphatic carboxylic acids is 1. The van der Waals surface area contributed by atoms with Crippen LogP contribution in [0.25, 0.3) is 0 Å². The van der Waals surface area contributed by atoms with Crippen LogP contribution in [-0.4, -0.2) is 17.3 Å². The Hall–Kier alpha value is -0.740. The van der Waals surface area contributed by atoms with Crippen molar-refractivity contribution in [3.63, 3.8) is 0 Å². The van der Waals surface area contributed by atoms with E-state index in [2.05, 4.69) is 0 Å². The number of rotatable bonds is 1. The maximum absolute atomic E-state index is 12.0. The molecule has 1 saturated carbocycles. The minimum atomic E-state index is -4.22. The van der Waals surface area contributed by atoms with Crippen LogP contribution in [0.4, 0.5) is 13.2 Å². The van der Waals surface area contributed by atoms with Gasteiger partial charge in [0.1, 0.15) is 0 Å². The Labute approximate surface area is 67.4 Å². The maximum Gasteiger partial charge on any atom is 0.391 e. The van der Waals surface area contributed by atoms with Crippen LogP contribution in [0.1, 0.15) is 19.3 Å². The van der Waals surface area contributed by atoms with Crippen molar-refractivity contribution in [1.82, 2.24) is 0 Å². The number of halogens is 3. The third-order valence-electron chi connectivity index (χ3n) is 2.24. The lowest BCUT2D eigenvalue weighted by atomic mass is 10.1. The van der Waals surface area contributed by atoms with E-state index in [4.69, 9.17) is 5.11 Å². The second-order valence-corrected chi connectivity index (χ2v) is 3.09. The predicted octanol–water partition coefficient (Wildman–Crippen LogP) is 2.05. The Morgan fingerprint density at radius 3 is 2.17 bits per heavy atom. The van der Waals surface area contributed by atoms with Crippen LogP contribution in [0.15, 0.2) is 0 Å². The van der Waals surface area contributed by atoms with Gasteiger partial charge in [0.25, 0.3) is 0 Å². The summed E-state index contributed by atoms with van der Waals surface area (Å²) in [6.07, 6.45) is -4.36. The molecule has 2 nitrogen and oxygen atoms in total. The Kier molecular flexibility index (Phi) is 2.30. The predicted molar refractivity (Wildman–Crippen MR) is 34.5 cm³/mol. The third kappa shape index (κ3) is 1.89. The molecule has 0 aromatic carbocycles. The average molecular weight is 182 g/mol. The van der Waals surface area contributed by atoms with Gasteiger partial charge in [0, 0.05) is 0 Å². The quantitative estimate of drug-likeness (QED) is 0.673. The number of hydrogen-bond acceptors (Lipinski definition) is 1. The number of hydrogen-bond donors (Lipinski definition) is 1. The van der Waals surface area contributed by atoms with E-state index < -0.39 is 24.0 Å². The van der Waals surface area contributed by atoms with Gasteiger partial charge in [0.05, 0.1) is 11.8 Å². The maximum atomic E-state index is 12.0. The summed E-state index contributed by atoms with van der Waals surface area (Å²) in [5.41, 5.74) is 0. The second kappa shape index (κ2) is 2.95. The molecule has 1 N–H and O–H groups in total. The van der Waals surface area contributed by atoms with Crippen LogP contribution < -0.4 is 0 Å². The van der Waals surface area contributed by atoms with Gasteiger partial charge in [-0.3, -0.25) is 4.79 Å². The van der Waals surface area contributed by atoms with E-state index in [0.717, 1.165) is 0 Å². The molecule has 1 fully saturated rings. The van der Waals surface area contributed by atoms with Gasteiger partial charge in [0.15, 0.2) is 0 Å². The summed E-state index contributed by atoms with van der Waals surface area (Å²) >= 11 is 0. The zero-order valence-corrected chi connectivity index (χ0v) is 6.27. The van der Waals surface area contributed by atoms with Crippen molar-refractivity contribution >= 4 is 5.97 Å². The van der Waals surface area contributed by atoms with E-state index in [-0.39, 0.29) is 19.3 Å². The zero-order chi connectivity index (χ0) is 9.35. The summed E-state index contributed by atoms with van der Waals surface area (Å²) < 4.78 is 36.0. The molecule has 0 aromatic rings. The van der Waals surface area contributed by atoms with Crippen molar-refractivity contribution in [2.45, 2.75) is 25.4 Å². The van der Waals surface area contributed by atoms with E-state index in [1.165, 1.54) is 0 Å². The van der Waals surface area contributed by atoms with E-state index in [1.807, 2.05) is 0 Å². The standard InChI is InChI=1S/C7H9F3O2/c8-7(9,10)5-2-1-4(3-5)6(11)12/h4-5H,1-3H2,(H,11,12)/t4-,5-/m0/s1. The van der Waals surface area contributed by atoms with Crippen molar-refractivity contribution in [3.8, 4) is 0 Å². The Morgan fingerprint density at radius 1 is 1.33 bits per heavy atom. The molecule has 0 radical (unpaired) electrons. The van der Waals surface area contributed by atoms with Gasteiger partial charge in [-0.25, -0.2) is 0 Å². The van der Waals surface area contributed by atoms with Gasteiger partial charge >= 0.3 is 12.1 Å². The Morgan fingerprint density at radius 2 is 1.92 bits per heavy atom. The van der Waals surface area contributed by atoms with E-state index in [0.29, 0.717) is 0 Å². The van der Waals surface area contributed by atoms with Gasteiger partial charge in [-0.2, -0.15) is 13.2 Å². The minimum absolute atomic E-state index is 0.0412. The molecule has 1 rings (SSSR count). The smallest absolute Gasteiger partial charge is 0.391 e. The SMILES string of the molecule is O=C(O)[C@H]1CC[C@H](C(F)(F)F)C1. The van der Waals surface area contributed by atoms with E-state index in [9.17, 15) is 18.0 Å². The van der Waals surface area contributed by atoms with Crippen LogP contribution in [-0.2, 0) is 4.79 Å². The summed E-state index contributed by atoms with van der Waals surface area (Å²) in [6.45, 7) is 0. The lowest BCUT2D eigenvalue weighted by Gasteiger charge is -2.13. The highest BCUT2D eigenvalue weighted by Gasteiger charge is 2.45. The summed E-state index contributed by atoms with van der Waals surface area (Å²) in [5.74, 6) is -3.31. The first-order valence-corrected chi connectivity index (χ1v) is 3.71. The normalized spacial score (nSPS) is 30.6. The first-order chi connectivity index (χ1) is 5.41. The number of carbonyl (C=O) groups is 1. The Bertz CT molecular complexity index is 188. The van der Waals surface area contributed by atoms with E-state index in [1.54, 1.807) is 0 Å². The van der Waals surface area contributed by atoms with Crippen molar-refractivity contribution in [2.24, 2.45) is 11.8 Å². The highest BCUT2D eigenvalue weighted by Crippen LogP contribution is 2.41. The van der Waals surface area contributed by atoms with Crippen LogP contribution in [0.2, 0.25) is 0 Å². The minimum Gasteiger partial charge on any atom is -0.481 e. The fourth-order valence-electron chi connectivity index (χ4n) is 1.50. The van der Waals surface area contributed by atoms with Gasteiger partial charge in [-0.05, 0) is 19.3 Å². The summed E-state index contributed by atoms with van der Waals surface area (Å²) in [6, 6.07) is 0. The average Bonchev–Trinajstić information content (AvgIpc) is 2.30. The van der Waals surface area contributed by atoms with Crippen molar-refractivity contribution in [1.29, 1.82) is 0 Å². The highest BCUT2D eigenvalue weighted by molar-refractivity contribution is 5.70. The van der Waals surface area contributed by atoms with Crippen LogP contribution in [0.5, 0.6) is 0 Å². The molecule has 0 unspecified atom stereocenters. The lowest BCUT2D eigenvalue weighted by molar-refractivity contribution is -0.173. The third-order valence-corrected chi connectivity index (χ3v) is 2.24. The highest BCUT2D eigenvalue weighted by atomic mass is 19.4. The molecule has 0 spiro atoms. The van der Waals surface area contributed by atoms with Crippen molar-refractivity contribution in [2.75, 3.05) is 0 Å². The molecule has 0 aliphatic heterocycles. The van der Waals surface area contributed by atoms with Gasteiger partial charge < -0.3 is 5.11 Å². The van der Waals surface area contributed by atoms with Crippen molar-refractivity contribution in [3.05, 3.63) is 0 Å². The van der Waals surface area contributed by atoms with Gasteiger partial charge in [-0.15, -0.1) is 0 Å². The largest absolute Gasteiger partial charge is 0.481 e. The summed E-state index contributed by atoms with van der Waals surface area (Å²) in [7, 11) is 0. The molecule has 0 aromatic heterocycles. The molecule has 1 aliphatic carbocycles. The second-order valence-electron chi connectivity index (χ2n) is 3.09. The molecule has 0 amide bonds. The molecule has 1 aliphatic rings. The fraction of sp³-hybridized carbons (Fsp3) is 0.857. The summed E-state index contributed by atoms with van der Waals surface area (Å²) in [4.78, 5) is 10.3. The number of alkyl halides is 3. The first-order valence-electron chi connectivity index (χ1n) is 3.71. The van der Waals surface area contributed by atoms with Gasteiger partial charge in [0.2, 0.25) is 0 Å². The summed E-state index contributed by atoms with van der Waals surface area (Å²) in [5, 5.41) is 8.43. The van der Waals surface area contributed by atoms with Crippen LogP contribution >= 0.6 is 0 Å². The topological polar surface area (TPSA) is 37.3 Å². The van der Waals surface area contributed by atoms with E-state index >= 15 is 0 Å². The molecular weight excluding hydrogens is 173 g/mol. The molecule has 5 heteroatoms. The molecule has 0 bridgehead atoms. The zero-order valence-electron chi connectivity index (χ0n) is 6.27. The van der Waals surface area contributed by atoms with Crippen LogP contribution in [0.3, 0.4) is 0 Å². The monoisotopic (exact) mass is 182 g/mol. The number of carboxylic acids is 1. The van der Waals surface area contributed by atoms with Gasteiger partial charge in [-0.1, -0.05) is 0 Å². The van der Waals surface area contributed by atoms with Crippen molar-refractivity contribution < 1.29 is 23.1 Å². The molecule has 2 atom stereocenters. The molecule has 0 saturated heterocycles. The molecular formula is C7H9F3O2. The lowest BCUT2D eigenvalue weighted by Crippen LogP contribution is -2.21. The molecule has 12 heavy (non-hydrogen) atoms. The number of carboxylic acid groups (broad SMARTS) is 1. The Balaban J connectivity index is 2.51. The fourth-order valence-corrected chi connectivity index (χ4v) is 1.50. The first kappa shape index (κ1) is 9.35. The molecule has 0 heterocycles.